The van der Waals surface area contributed by atoms with Crippen molar-refractivity contribution >= 4 is 28.8 Å². The van der Waals surface area contributed by atoms with Crippen LogP contribution in [0.2, 0.25) is 5.02 Å². The van der Waals surface area contributed by atoms with Crippen molar-refractivity contribution in [1.82, 2.24) is 19.7 Å². The highest BCUT2D eigenvalue weighted by Crippen LogP contribution is 2.24. The largest absolute Gasteiger partial charge is 0.334 e. The number of carbonyl (C=O) groups excluding carboxylic acids is 1. The predicted molar refractivity (Wildman–Crippen MR) is 91.6 cm³/mol. The maximum atomic E-state index is 12.5. The number of halogens is 1. The van der Waals surface area contributed by atoms with Gasteiger partial charge in [0.25, 0.3) is 5.91 Å². The van der Waals surface area contributed by atoms with E-state index in [4.69, 9.17) is 11.6 Å². The molecule has 1 aromatic carbocycles. The lowest BCUT2D eigenvalue weighted by molar-refractivity contribution is 0.0773. The maximum absolute atomic E-state index is 12.5. The lowest BCUT2D eigenvalue weighted by Gasteiger charge is -2.16. The molecule has 7 heteroatoms. The fraction of sp³-hybridized carbons (Fsp3) is 0.188. The van der Waals surface area contributed by atoms with Crippen molar-refractivity contribution < 1.29 is 4.79 Å². The van der Waals surface area contributed by atoms with Gasteiger partial charge >= 0.3 is 0 Å². The van der Waals surface area contributed by atoms with E-state index in [-0.39, 0.29) is 5.91 Å². The first-order valence-corrected chi connectivity index (χ1v) is 8.25. The SMILES string of the molecule is CN(Cc1csc(-c2ccccc2)n1)C(=O)c1c(Cl)cnn1C. The third-order valence-electron chi connectivity index (χ3n) is 3.42. The Labute approximate surface area is 143 Å². The van der Waals surface area contributed by atoms with E-state index >= 15 is 0 Å². The molecule has 0 saturated carbocycles. The molecule has 5 nitrogen and oxygen atoms in total. The van der Waals surface area contributed by atoms with E-state index in [2.05, 4.69) is 10.1 Å². The molecule has 2 aromatic heterocycles. The van der Waals surface area contributed by atoms with E-state index in [1.807, 2.05) is 35.7 Å². The van der Waals surface area contributed by atoms with Crippen LogP contribution in [0.4, 0.5) is 0 Å². The smallest absolute Gasteiger partial charge is 0.273 e. The second-order valence-corrected chi connectivity index (χ2v) is 6.40. The highest BCUT2D eigenvalue weighted by Gasteiger charge is 2.20. The summed E-state index contributed by atoms with van der Waals surface area (Å²) in [4.78, 5) is 18.7. The summed E-state index contributed by atoms with van der Waals surface area (Å²) in [6, 6.07) is 9.98. The number of thiazole rings is 1. The standard InChI is InChI=1S/C16H15ClN4OS/c1-20(16(22)14-13(17)8-18-21(14)2)9-12-10-23-15(19-12)11-6-4-3-5-7-11/h3-8,10H,9H2,1-2H3. The van der Waals surface area contributed by atoms with E-state index in [1.54, 1.807) is 30.3 Å². The molecule has 0 saturated heterocycles. The fourth-order valence-electron chi connectivity index (χ4n) is 2.24. The lowest BCUT2D eigenvalue weighted by atomic mass is 10.2. The van der Waals surface area contributed by atoms with Gasteiger partial charge in [-0.25, -0.2) is 4.98 Å². The predicted octanol–water partition coefficient (Wildman–Crippen LogP) is 3.47. The first-order valence-electron chi connectivity index (χ1n) is 6.99. The van der Waals surface area contributed by atoms with Crippen molar-refractivity contribution in [2.45, 2.75) is 6.54 Å². The molecule has 2 heterocycles. The van der Waals surface area contributed by atoms with Crippen molar-refractivity contribution in [3.8, 4) is 10.6 Å². The molecule has 0 aliphatic heterocycles. The Morgan fingerprint density at radius 2 is 2.09 bits per heavy atom. The molecule has 0 unspecified atom stereocenters. The Kier molecular flexibility index (Phi) is 4.45. The third-order valence-corrected chi connectivity index (χ3v) is 4.63. The number of aryl methyl sites for hydroxylation is 1. The number of carbonyl (C=O) groups is 1. The summed E-state index contributed by atoms with van der Waals surface area (Å²) < 4.78 is 1.48. The molecule has 1 amide bonds. The number of hydrogen-bond donors (Lipinski definition) is 0. The topological polar surface area (TPSA) is 51.0 Å². The molecule has 0 N–H and O–H groups in total. The summed E-state index contributed by atoms with van der Waals surface area (Å²) in [7, 11) is 3.43. The Morgan fingerprint density at radius 3 is 2.74 bits per heavy atom. The molecule has 3 rings (SSSR count). The van der Waals surface area contributed by atoms with Crippen LogP contribution in [0.5, 0.6) is 0 Å². The number of nitrogens with zero attached hydrogens (tertiary/aromatic N) is 4. The minimum atomic E-state index is -0.177. The number of benzene rings is 1. The van der Waals surface area contributed by atoms with Gasteiger partial charge in [-0.15, -0.1) is 11.3 Å². The first-order chi connectivity index (χ1) is 11.1. The second kappa shape index (κ2) is 6.52. The van der Waals surface area contributed by atoms with Gasteiger partial charge in [0.2, 0.25) is 0 Å². The van der Waals surface area contributed by atoms with Crippen molar-refractivity contribution in [2.24, 2.45) is 7.05 Å². The zero-order chi connectivity index (χ0) is 16.4. The van der Waals surface area contributed by atoms with Gasteiger partial charge in [-0.3, -0.25) is 9.48 Å². The van der Waals surface area contributed by atoms with E-state index in [9.17, 15) is 4.79 Å². The summed E-state index contributed by atoms with van der Waals surface area (Å²) in [5, 5.41) is 7.26. The van der Waals surface area contributed by atoms with Crippen LogP contribution in [0.3, 0.4) is 0 Å². The van der Waals surface area contributed by atoms with Crippen LogP contribution in [-0.2, 0) is 13.6 Å². The zero-order valence-corrected chi connectivity index (χ0v) is 14.3. The average molecular weight is 347 g/mol. The van der Waals surface area contributed by atoms with E-state index < -0.39 is 0 Å². The van der Waals surface area contributed by atoms with Crippen LogP contribution in [0, 0.1) is 0 Å². The van der Waals surface area contributed by atoms with E-state index in [0.29, 0.717) is 17.3 Å². The van der Waals surface area contributed by atoms with Crippen LogP contribution in [0.25, 0.3) is 10.6 Å². The maximum Gasteiger partial charge on any atom is 0.273 e. The monoisotopic (exact) mass is 346 g/mol. The van der Waals surface area contributed by atoms with Crippen molar-refractivity contribution in [3.63, 3.8) is 0 Å². The molecule has 3 aromatic rings. The quantitative estimate of drug-likeness (QED) is 0.726. The highest BCUT2D eigenvalue weighted by atomic mass is 35.5. The molecular formula is C16H15ClN4OS. The van der Waals surface area contributed by atoms with Gasteiger partial charge in [-0.1, -0.05) is 41.9 Å². The average Bonchev–Trinajstić information content (AvgIpc) is 3.14. The molecule has 23 heavy (non-hydrogen) atoms. The van der Waals surface area contributed by atoms with Gasteiger partial charge < -0.3 is 4.90 Å². The molecule has 0 aliphatic rings. The Morgan fingerprint density at radius 1 is 1.35 bits per heavy atom. The van der Waals surface area contributed by atoms with E-state index in [0.717, 1.165) is 16.3 Å². The molecule has 0 radical (unpaired) electrons. The molecule has 0 aliphatic carbocycles. The van der Waals surface area contributed by atoms with Gasteiger partial charge in [-0.05, 0) is 0 Å². The first kappa shape index (κ1) is 15.7. The Bertz CT molecular complexity index is 808. The number of rotatable bonds is 4. The van der Waals surface area contributed by atoms with Gasteiger partial charge in [0.15, 0.2) is 0 Å². The Balaban J connectivity index is 1.75. The Hall–Kier alpha value is -2.18. The zero-order valence-electron chi connectivity index (χ0n) is 12.7. The van der Waals surface area contributed by atoms with Gasteiger partial charge in [0.1, 0.15) is 10.7 Å². The van der Waals surface area contributed by atoms with Gasteiger partial charge in [0, 0.05) is 25.0 Å². The highest BCUT2D eigenvalue weighted by molar-refractivity contribution is 7.13. The van der Waals surface area contributed by atoms with Crippen molar-refractivity contribution in [2.75, 3.05) is 7.05 Å². The van der Waals surface area contributed by atoms with E-state index in [1.165, 1.54) is 10.9 Å². The van der Waals surface area contributed by atoms with Gasteiger partial charge in [0.05, 0.1) is 23.5 Å². The van der Waals surface area contributed by atoms with Crippen LogP contribution in [0.15, 0.2) is 41.9 Å². The lowest BCUT2D eigenvalue weighted by Crippen LogP contribution is -2.28. The molecule has 118 valence electrons. The summed E-state index contributed by atoms with van der Waals surface area (Å²) >= 11 is 7.59. The summed E-state index contributed by atoms with van der Waals surface area (Å²) in [5.41, 5.74) is 2.31. The third kappa shape index (κ3) is 3.28. The molecule has 0 bridgehead atoms. The summed E-state index contributed by atoms with van der Waals surface area (Å²) in [6.07, 6.45) is 1.47. The van der Waals surface area contributed by atoms with Crippen LogP contribution < -0.4 is 0 Å². The molecular weight excluding hydrogens is 332 g/mol. The fourth-order valence-corrected chi connectivity index (χ4v) is 3.30. The number of amides is 1. The molecule has 0 fully saturated rings. The molecule has 0 atom stereocenters. The van der Waals surface area contributed by atoms with Crippen molar-refractivity contribution in [3.05, 3.63) is 58.3 Å². The minimum Gasteiger partial charge on any atom is -0.334 e. The van der Waals surface area contributed by atoms with Crippen LogP contribution in [-0.4, -0.2) is 32.6 Å². The van der Waals surface area contributed by atoms with Crippen molar-refractivity contribution in [1.29, 1.82) is 0 Å². The normalized spacial score (nSPS) is 10.7. The number of aromatic nitrogens is 3. The van der Waals surface area contributed by atoms with Crippen LogP contribution >= 0.6 is 22.9 Å². The van der Waals surface area contributed by atoms with Gasteiger partial charge in [-0.2, -0.15) is 5.10 Å². The molecule has 0 spiro atoms. The summed E-state index contributed by atoms with van der Waals surface area (Å²) in [6.45, 7) is 0.420. The second-order valence-electron chi connectivity index (χ2n) is 5.14. The summed E-state index contributed by atoms with van der Waals surface area (Å²) in [5.74, 6) is -0.177. The minimum absolute atomic E-state index is 0.177. The number of hydrogen-bond acceptors (Lipinski definition) is 4. The van der Waals surface area contributed by atoms with Crippen LogP contribution in [0.1, 0.15) is 16.2 Å².